The molecule has 21 heavy (non-hydrogen) atoms. The quantitative estimate of drug-likeness (QED) is 0.878. The van der Waals surface area contributed by atoms with Crippen molar-refractivity contribution < 1.29 is 23.0 Å². The predicted molar refractivity (Wildman–Crippen MR) is 71.0 cm³/mol. The molecule has 2 rings (SSSR count). The number of esters is 1. The Morgan fingerprint density at radius 2 is 2.10 bits per heavy atom. The van der Waals surface area contributed by atoms with Gasteiger partial charge in [0.15, 0.2) is 11.6 Å². The van der Waals surface area contributed by atoms with Crippen LogP contribution in [-0.4, -0.2) is 17.6 Å². The third kappa shape index (κ3) is 3.07. The van der Waals surface area contributed by atoms with E-state index >= 15 is 0 Å². The van der Waals surface area contributed by atoms with Crippen LogP contribution in [0.1, 0.15) is 17.3 Å². The highest BCUT2D eigenvalue weighted by atomic mass is 19.2. The lowest BCUT2D eigenvalue weighted by atomic mass is 10.2. The number of carbonyl (C=O) groups excluding carboxylic acids is 1. The van der Waals surface area contributed by atoms with Crippen LogP contribution in [0.25, 0.3) is 0 Å². The number of nitrogen functional groups attached to an aromatic ring is 1. The lowest BCUT2D eigenvalue weighted by Crippen LogP contribution is -2.09. The van der Waals surface area contributed by atoms with Crippen LogP contribution < -0.4 is 10.5 Å². The van der Waals surface area contributed by atoms with E-state index in [0.29, 0.717) is 0 Å². The summed E-state index contributed by atoms with van der Waals surface area (Å²) in [6, 6.07) is 4.80. The number of benzene rings is 1. The second kappa shape index (κ2) is 6.17. The Morgan fingerprint density at radius 3 is 2.81 bits per heavy atom. The number of carbonyl (C=O) groups is 1. The summed E-state index contributed by atoms with van der Waals surface area (Å²) < 4.78 is 36.6. The molecule has 0 unspecified atom stereocenters. The van der Waals surface area contributed by atoms with Crippen LogP contribution in [0.15, 0.2) is 30.5 Å². The molecule has 1 aromatic heterocycles. The maximum Gasteiger partial charge on any atom is 0.340 e. The van der Waals surface area contributed by atoms with Crippen LogP contribution in [0, 0.1) is 11.6 Å². The summed E-state index contributed by atoms with van der Waals surface area (Å²) in [4.78, 5) is 15.5. The van der Waals surface area contributed by atoms with E-state index in [2.05, 4.69) is 4.98 Å². The van der Waals surface area contributed by atoms with Gasteiger partial charge >= 0.3 is 5.97 Å². The van der Waals surface area contributed by atoms with E-state index in [1.165, 1.54) is 24.4 Å². The van der Waals surface area contributed by atoms with Crippen LogP contribution in [0.4, 0.5) is 14.5 Å². The zero-order valence-electron chi connectivity index (χ0n) is 11.1. The zero-order chi connectivity index (χ0) is 15.4. The minimum atomic E-state index is -1.17. The molecule has 5 nitrogen and oxygen atoms in total. The third-order valence-electron chi connectivity index (χ3n) is 2.57. The van der Waals surface area contributed by atoms with Gasteiger partial charge < -0.3 is 15.2 Å². The molecule has 2 N–H and O–H groups in total. The van der Waals surface area contributed by atoms with Crippen molar-refractivity contribution in [2.45, 2.75) is 6.92 Å². The minimum absolute atomic E-state index is 0.0404. The monoisotopic (exact) mass is 294 g/mol. The van der Waals surface area contributed by atoms with Crippen molar-refractivity contribution in [3.63, 3.8) is 0 Å². The fraction of sp³-hybridized carbons (Fsp3) is 0.143. The number of halogens is 2. The van der Waals surface area contributed by atoms with E-state index in [9.17, 15) is 13.6 Å². The summed E-state index contributed by atoms with van der Waals surface area (Å²) in [5, 5.41) is 0. The fourth-order valence-electron chi connectivity index (χ4n) is 1.59. The lowest BCUT2D eigenvalue weighted by Gasteiger charge is -2.11. The normalized spacial score (nSPS) is 10.2. The zero-order valence-corrected chi connectivity index (χ0v) is 11.1. The number of pyridine rings is 1. The van der Waals surface area contributed by atoms with E-state index in [1.54, 1.807) is 6.92 Å². The molecule has 110 valence electrons. The first-order valence-electron chi connectivity index (χ1n) is 6.08. The van der Waals surface area contributed by atoms with Gasteiger partial charge in [-0.2, -0.15) is 4.39 Å². The number of nitrogens with zero attached hydrogens (tertiary/aromatic N) is 1. The van der Waals surface area contributed by atoms with E-state index < -0.39 is 17.6 Å². The molecule has 0 fully saturated rings. The SMILES string of the molecule is CCOC(=O)c1ccnc(Oc2cccc(F)c2F)c1N. The molecule has 1 aromatic carbocycles. The largest absolute Gasteiger partial charge is 0.462 e. The Morgan fingerprint density at radius 1 is 1.33 bits per heavy atom. The molecular formula is C14H12F2N2O3. The predicted octanol–water partition coefficient (Wildman–Crippen LogP) is 2.91. The van der Waals surface area contributed by atoms with Crippen molar-refractivity contribution in [2.24, 2.45) is 0 Å². The summed E-state index contributed by atoms with van der Waals surface area (Å²) in [6.07, 6.45) is 1.26. The third-order valence-corrected chi connectivity index (χ3v) is 2.57. The second-order valence-electron chi connectivity index (χ2n) is 3.95. The van der Waals surface area contributed by atoms with E-state index in [-0.39, 0.29) is 29.5 Å². The summed E-state index contributed by atoms with van der Waals surface area (Å²) in [5.74, 6) is -3.46. The van der Waals surface area contributed by atoms with Crippen molar-refractivity contribution >= 4 is 11.7 Å². The molecule has 0 amide bonds. The number of anilines is 1. The Kier molecular flexibility index (Phi) is 4.32. The Bertz CT molecular complexity index is 677. The molecule has 2 aromatic rings. The Hall–Kier alpha value is -2.70. The molecule has 0 aliphatic rings. The summed E-state index contributed by atoms with van der Waals surface area (Å²) >= 11 is 0. The maximum atomic E-state index is 13.5. The van der Waals surface area contributed by atoms with Gasteiger partial charge in [-0.1, -0.05) is 6.07 Å². The highest BCUT2D eigenvalue weighted by Gasteiger charge is 2.18. The van der Waals surface area contributed by atoms with Gasteiger partial charge in [0.05, 0.1) is 12.2 Å². The molecule has 0 atom stereocenters. The number of hydrogen-bond acceptors (Lipinski definition) is 5. The van der Waals surface area contributed by atoms with Gasteiger partial charge in [-0.05, 0) is 25.1 Å². The second-order valence-corrected chi connectivity index (χ2v) is 3.95. The number of hydrogen-bond donors (Lipinski definition) is 1. The smallest absolute Gasteiger partial charge is 0.340 e. The van der Waals surface area contributed by atoms with Crippen molar-refractivity contribution in [1.29, 1.82) is 0 Å². The van der Waals surface area contributed by atoms with Crippen molar-refractivity contribution in [1.82, 2.24) is 4.98 Å². The summed E-state index contributed by atoms with van der Waals surface area (Å²) in [7, 11) is 0. The molecule has 0 aliphatic carbocycles. The van der Waals surface area contributed by atoms with Crippen LogP contribution in [0.3, 0.4) is 0 Å². The van der Waals surface area contributed by atoms with E-state index in [0.717, 1.165) is 6.07 Å². The topological polar surface area (TPSA) is 74.4 Å². The molecule has 0 saturated heterocycles. The highest BCUT2D eigenvalue weighted by molar-refractivity contribution is 5.96. The minimum Gasteiger partial charge on any atom is -0.462 e. The van der Waals surface area contributed by atoms with Gasteiger partial charge in [-0.15, -0.1) is 0 Å². The standard InChI is InChI=1S/C14H12F2N2O3/c1-2-20-14(19)8-6-7-18-13(12(8)17)21-10-5-3-4-9(15)11(10)16/h3-7H,2,17H2,1H3. The number of rotatable bonds is 4. The fourth-order valence-corrected chi connectivity index (χ4v) is 1.59. The van der Waals surface area contributed by atoms with E-state index in [1.807, 2.05) is 0 Å². The number of aromatic nitrogens is 1. The molecule has 0 saturated carbocycles. The van der Waals surface area contributed by atoms with Gasteiger partial charge in [-0.3, -0.25) is 0 Å². The molecule has 0 bridgehead atoms. The van der Waals surface area contributed by atoms with Crippen molar-refractivity contribution in [2.75, 3.05) is 12.3 Å². The van der Waals surface area contributed by atoms with Crippen molar-refractivity contribution in [3.8, 4) is 11.6 Å². The van der Waals surface area contributed by atoms with E-state index in [4.69, 9.17) is 15.2 Å². The average molecular weight is 294 g/mol. The van der Waals surface area contributed by atoms with Gasteiger partial charge in [0.1, 0.15) is 5.69 Å². The van der Waals surface area contributed by atoms with Crippen LogP contribution in [-0.2, 0) is 4.74 Å². The van der Waals surface area contributed by atoms with Crippen molar-refractivity contribution in [3.05, 3.63) is 47.7 Å². The Balaban J connectivity index is 2.35. The first kappa shape index (κ1) is 14.7. The summed E-state index contributed by atoms with van der Waals surface area (Å²) in [6.45, 7) is 1.82. The summed E-state index contributed by atoms with van der Waals surface area (Å²) in [5.41, 5.74) is 5.67. The molecule has 1 heterocycles. The molecule has 7 heteroatoms. The maximum absolute atomic E-state index is 13.5. The van der Waals surface area contributed by atoms with Gasteiger partial charge in [0, 0.05) is 6.20 Å². The average Bonchev–Trinajstić information content (AvgIpc) is 2.46. The Labute approximate surface area is 119 Å². The highest BCUT2D eigenvalue weighted by Crippen LogP contribution is 2.30. The number of ether oxygens (including phenoxy) is 2. The molecular weight excluding hydrogens is 282 g/mol. The van der Waals surface area contributed by atoms with Crippen LogP contribution in [0.2, 0.25) is 0 Å². The lowest BCUT2D eigenvalue weighted by molar-refractivity contribution is 0.0527. The molecule has 0 aliphatic heterocycles. The first-order valence-corrected chi connectivity index (χ1v) is 6.08. The van der Waals surface area contributed by atoms with Crippen LogP contribution in [0.5, 0.6) is 11.6 Å². The van der Waals surface area contributed by atoms with Gasteiger partial charge in [0.2, 0.25) is 11.7 Å². The number of nitrogens with two attached hydrogens (primary N) is 1. The van der Waals surface area contributed by atoms with Gasteiger partial charge in [0.25, 0.3) is 0 Å². The van der Waals surface area contributed by atoms with Gasteiger partial charge in [-0.25, -0.2) is 14.2 Å². The van der Waals surface area contributed by atoms with Crippen LogP contribution >= 0.6 is 0 Å². The first-order chi connectivity index (χ1) is 10.0. The molecule has 0 spiro atoms. The molecule has 0 radical (unpaired) electrons.